The van der Waals surface area contributed by atoms with E-state index >= 15 is 0 Å². The first-order chi connectivity index (χ1) is 9.21. The van der Waals surface area contributed by atoms with Crippen molar-refractivity contribution in [3.63, 3.8) is 0 Å². The highest BCUT2D eigenvalue weighted by molar-refractivity contribution is 5.70. The van der Waals surface area contributed by atoms with E-state index in [4.69, 9.17) is 9.47 Å². The zero-order valence-corrected chi connectivity index (χ0v) is 11.9. The molecule has 0 amide bonds. The van der Waals surface area contributed by atoms with Crippen molar-refractivity contribution in [3.05, 3.63) is 35.4 Å². The Morgan fingerprint density at radius 3 is 2.47 bits per heavy atom. The summed E-state index contributed by atoms with van der Waals surface area (Å²) < 4.78 is 10.1. The van der Waals surface area contributed by atoms with Crippen molar-refractivity contribution in [1.29, 1.82) is 0 Å². The largest absolute Gasteiger partial charge is 0.466 e. The van der Waals surface area contributed by atoms with Gasteiger partial charge in [0.25, 0.3) is 0 Å². The lowest BCUT2D eigenvalue weighted by Crippen LogP contribution is -2.24. The Labute approximate surface area is 115 Å². The summed E-state index contributed by atoms with van der Waals surface area (Å²) in [6.07, 6.45) is 0.352. The third kappa shape index (κ3) is 5.41. The summed E-state index contributed by atoms with van der Waals surface area (Å²) >= 11 is 0. The number of methoxy groups -OCH3 is 1. The van der Waals surface area contributed by atoms with E-state index < -0.39 is 0 Å². The van der Waals surface area contributed by atoms with Crippen LogP contribution in [-0.2, 0) is 20.9 Å². The van der Waals surface area contributed by atoms with Gasteiger partial charge >= 0.3 is 5.97 Å². The second-order valence-electron chi connectivity index (χ2n) is 4.29. The monoisotopic (exact) mass is 265 g/mol. The number of benzene rings is 1. The van der Waals surface area contributed by atoms with Crippen molar-refractivity contribution in [2.75, 3.05) is 20.3 Å². The molecule has 0 saturated carbocycles. The molecule has 0 aliphatic rings. The minimum Gasteiger partial charge on any atom is -0.466 e. The highest BCUT2D eigenvalue weighted by Crippen LogP contribution is 2.18. The second-order valence-corrected chi connectivity index (χ2v) is 4.29. The molecule has 1 rings (SSSR count). The molecule has 1 N–H and O–H groups in total. The zero-order chi connectivity index (χ0) is 14.1. The first-order valence-electron chi connectivity index (χ1n) is 6.68. The Morgan fingerprint density at radius 2 is 1.95 bits per heavy atom. The van der Waals surface area contributed by atoms with Gasteiger partial charge < -0.3 is 14.8 Å². The average Bonchev–Trinajstić information content (AvgIpc) is 2.40. The molecule has 1 unspecified atom stereocenters. The quantitative estimate of drug-likeness (QED) is 0.733. The minimum atomic E-state index is -0.172. The number of nitrogens with one attached hydrogen (secondary N) is 1. The van der Waals surface area contributed by atoms with Crippen molar-refractivity contribution < 1.29 is 14.3 Å². The van der Waals surface area contributed by atoms with Crippen LogP contribution in [0.25, 0.3) is 0 Å². The molecule has 4 heteroatoms. The minimum absolute atomic E-state index is 0.000597. The standard InChI is InChI=1S/C15H23NO3/c1-4-16-14(10-15(17)19-5-2)13-8-6-12(7-9-13)11-18-3/h6-9,14,16H,4-5,10-11H2,1-3H3. The highest BCUT2D eigenvalue weighted by Gasteiger charge is 2.15. The van der Waals surface area contributed by atoms with Crippen molar-refractivity contribution >= 4 is 5.97 Å². The van der Waals surface area contributed by atoms with E-state index in [9.17, 15) is 4.79 Å². The van der Waals surface area contributed by atoms with Crippen molar-refractivity contribution in [3.8, 4) is 0 Å². The molecule has 106 valence electrons. The first-order valence-corrected chi connectivity index (χ1v) is 6.68. The molecule has 0 fully saturated rings. The average molecular weight is 265 g/mol. The van der Waals surface area contributed by atoms with Gasteiger partial charge in [-0.1, -0.05) is 31.2 Å². The van der Waals surface area contributed by atoms with Gasteiger partial charge in [-0.3, -0.25) is 4.79 Å². The number of carbonyl (C=O) groups excluding carboxylic acids is 1. The summed E-state index contributed by atoms with van der Waals surface area (Å²) in [4.78, 5) is 11.6. The van der Waals surface area contributed by atoms with Crippen molar-refractivity contribution in [2.45, 2.75) is 32.9 Å². The highest BCUT2D eigenvalue weighted by atomic mass is 16.5. The van der Waals surface area contributed by atoms with E-state index in [1.807, 2.05) is 38.1 Å². The molecule has 0 aliphatic carbocycles. The number of carbonyl (C=O) groups is 1. The molecule has 0 heterocycles. The molecular weight excluding hydrogens is 242 g/mol. The predicted molar refractivity (Wildman–Crippen MR) is 74.8 cm³/mol. The fourth-order valence-electron chi connectivity index (χ4n) is 1.95. The molecule has 4 nitrogen and oxygen atoms in total. The van der Waals surface area contributed by atoms with Crippen LogP contribution < -0.4 is 5.32 Å². The molecule has 19 heavy (non-hydrogen) atoms. The Bertz CT molecular complexity index is 375. The predicted octanol–water partition coefficient (Wildman–Crippen LogP) is 2.44. The van der Waals surface area contributed by atoms with Crippen LogP contribution in [0.5, 0.6) is 0 Å². The van der Waals surface area contributed by atoms with Crippen molar-refractivity contribution in [2.24, 2.45) is 0 Å². The summed E-state index contributed by atoms with van der Waals surface area (Å²) in [6, 6.07) is 8.10. The summed E-state index contributed by atoms with van der Waals surface area (Å²) in [5.41, 5.74) is 2.22. The van der Waals surface area contributed by atoms with E-state index in [2.05, 4.69) is 5.32 Å². The molecule has 0 bridgehead atoms. The van der Waals surface area contributed by atoms with Gasteiger partial charge in [0.05, 0.1) is 19.6 Å². The van der Waals surface area contributed by atoms with Gasteiger partial charge in [0, 0.05) is 13.2 Å². The first kappa shape index (κ1) is 15.7. The van der Waals surface area contributed by atoms with Crippen LogP contribution in [0.3, 0.4) is 0 Å². The lowest BCUT2D eigenvalue weighted by molar-refractivity contribution is -0.143. The van der Waals surface area contributed by atoms with Gasteiger partial charge in [0.2, 0.25) is 0 Å². The molecule has 0 aromatic heterocycles. The SMILES string of the molecule is CCNC(CC(=O)OCC)c1ccc(COC)cc1. The molecule has 1 aromatic rings. The lowest BCUT2D eigenvalue weighted by atomic mass is 10.0. The van der Waals surface area contributed by atoms with Gasteiger partial charge in [-0.2, -0.15) is 0 Å². The maximum atomic E-state index is 11.6. The van der Waals surface area contributed by atoms with E-state index in [0.29, 0.717) is 19.6 Å². The van der Waals surface area contributed by atoms with Crippen LogP contribution in [0.1, 0.15) is 37.4 Å². The normalized spacial score (nSPS) is 12.2. The molecule has 0 radical (unpaired) electrons. The summed E-state index contributed by atoms with van der Waals surface area (Å²) in [7, 11) is 1.68. The van der Waals surface area contributed by atoms with Crippen LogP contribution in [0.4, 0.5) is 0 Å². The van der Waals surface area contributed by atoms with Crippen LogP contribution in [-0.4, -0.2) is 26.2 Å². The maximum absolute atomic E-state index is 11.6. The van der Waals surface area contributed by atoms with Crippen LogP contribution in [0.2, 0.25) is 0 Å². The molecule has 0 saturated heterocycles. The van der Waals surface area contributed by atoms with E-state index in [1.54, 1.807) is 7.11 Å². The van der Waals surface area contributed by atoms with E-state index in [1.165, 1.54) is 0 Å². The van der Waals surface area contributed by atoms with Crippen LogP contribution in [0, 0.1) is 0 Å². The maximum Gasteiger partial charge on any atom is 0.307 e. The summed E-state index contributed by atoms with van der Waals surface area (Å²) in [6.45, 7) is 5.68. The Balaban J connectivity index is 2.71. The fraction of sp³-hybridized carbons (Fsp3) is 0.533. The summed E-state index contributed by atoms with van der Waals surface area (Å²) in [5.74, 6) is -0.172. The lowest BCUT2D eigenvalue weighted by Gasteiger charge is -2.17. The third-order valence-electron chi connectivity index (χ3n) is 2.82. The number of ether oxygens (including phenoxy) is 2. The van der Waals surface area contributed by atoms with E-state index in [0.717, 1.165) is 17.7 Å². The number of rotatable bonds is 8. The Kier molecular flexibility index (Phi) is 7.15. The summed E-state index contributed by atoms with van der Waals surface area (Å²) in [5, 5.41) is 3.31. The smallest absolute Gasteiger partial charge is 0.307 e. The van der Waals surface area contributed by atoms with Crippen LogP contribution in [0.15, 0.2) is 24.3 Å². The topological polar surface area (TPSA) is 47.6 Å². The second kappa shape index (κ2) is 8.67. The zero-order valence-electron chi connectivity index (χ0n) is 11.9. The molecular formula is C15H23NO3. The van der Waals surface area contributed by atoms with Gasteiger partial charge in [-0.05, 0) is 24.6 Å². The number of hydrogen-bond acceptors (Lipinski definition) is 4. The Hall–Kier alpha value is -1.39. The van der Waals surface area contributed by atoms with Crippen molar-refractivity contribution in [1.82, 2.24) is 5.32 Å². The molecule has 0 aliphatic heterocycles. The molecule has 1 atom stereocenters. The molecule has 1 aromatic carbocycles. The van der Waals surface area contributed by atoms with Gasteiger partial charge in [-0.25, -0.2) is 0 Å². The Morgan fingerprint density at radius 1 is 1.26 bits per heavy atom. The van der Waals surface area contributed by atoms with Gasteiger partial charge in [0.1, 0.15) is 0 Å². The van der Waals surface area contributed by atoms with Gasteiger partial charge in [-0.15, -0.1) is 0 Å². The fourth-order valence-corrected chi connectivity index (χ4v) is 1.95. The molecule has 0 spiro atoms. The third-order valence-corrected chi connectivity index (χ3v) is 2.82. The number of esters is 1. The van der Waals surface area contributed by atoms with E-state index in [-0.39, 0.29) is 12.0 Å². The van der Waals surface area contributed by atoms with Crippen LogP contribution >= 0.6 is 0 Å². The number of hydrogen-bond donors (Lipinski definition) is 1. The van der Waals surface area contributed by atoms with Gasteiger partial charge in [0.15, 0.2) is 0 Å².